The topological polar surface area (TPSA) is 18.5 Å². The van der Waals surface area contributed by atoms with Crippen molar-refractivity contribution in [2.75, 3.05) is 6.79 Å². The Morgan fingerprint density at radius 2 is 1.60 bits per heavy atom. The van der Waals surface area contributed by atoms with Crippen LogP contribution in [0, 0.1) is 6.92 Å². The zero-order valence-electron chi connectivity index (χ0n) is 11.2. The second-order valence-corrected chi connectivity index (χ2v) is 5.10. The molecule has 0 amide bonds. The van der Waals surface area contributed by atoms with Crippen molar-refractivity contribution < 1.29 is 9.47 Å². The number of ether oxygens (including phenoxy) is 2. The van der Waals surface area contributed by atoms with E-state index in [4.69, 9.17) is 9.47 Å². The normalized spacial score (nSPS) is 12.8. The van der Waals surface area contributed by atoms with Crippen molar-refractivity contribution in [1.82, 2.24) is 0 Å². The lowest BCUT2D eigenvalue weighted by Gasteiger charge is -2.06. The van der Waals surface area contributed by atoms with E-state index in [1.165, 1.54) is 22.1 Å². The van der Waals surface area contributed by atoms with Crippen molar-refractivity contribution in [2.45, 2.75) is 6.92 Å². The smallest absolute Gasteiger partial charge is 0.231 e. The number of benzene rings is 3. The Bertz CT molecular complexity index is 788. The molecular formula is C18H14O2. The number of hydrogen-bond acceptors (Lipinski definition) is 2. The molecule has 2 heteroatoms. The van der Waals surface area contributed by atoms with Gasteiger partial charge in [-0.15, -0.1) is 0 Å². The van der Waals surface area contributed by atoms with Crippen LogP contribution < -0.4 is 9.47 Å². The van der Waals surface area contributed by atoms with Gasteiger partial charge in [0, 0.05) is 5.39 Å². The summed E-state index contributed by atoms with van der Waals surface area (Å²) in [6.45, 7) is 2.42. The lowest BCUT2D eigenvalue weighted by Crippen LogP contribution is -1.93. The largest absolute Gasteiger partial charge is 0.454 e. The molecule has 0 bridgehead atoms. The van der Waals surface area contributed by atoms with Crippen LogP contribution in [-0.4, -0.2) is 6.79 Å². The standard InChI is InChI=1S/C18H14O2/c1-12-2-4-13(5-3-12)14-6-8-16-15(10-14)7-9-17-18(16)20-11-19-17/h2-10H,11H2,1H3. The molecule has 0 saturated heterocycles. The van der Waals surface area contributed by atoms with Gasteiger partial charge >= 0.3 is 0 Å². The number of aryl methyl sites for hydroxylation is 1. The molecule has 1 aliphatic heterocycles. The average Bonchev–Trinajstić information content (AvgIpc) is 2.96. The van der Waals surface area contributed by atoms with Gasteiger partial charge in [0.1, 0.15) is 0 Å². The van der Waals surface area contributed by atoms with Gasteiger partial charge in [0.05, 0.1) is 0 Å². The third-order valence-corrected chi connectivity index (χ3v) is 3.74. The van der Waals surface area contributed by atoms with Crippen LogP contribution in [0.25, 0.3) is 21.9 Å². The summed E-state index contributed by atoms with van der Waals surface area (Å²) in [5.41, 5.74) is 3.73. The van der Waals surface area contributed by atoms with Crippen molar-refractivity contribution in [3.05, 3.63) is 60.2 Å². The molecule has 0 aliphatic carbocycles. The highest BCUT2D eigenvalue weighted by atomic mass is 16.7. The van der Waals surface area contributed by atoms with Crippen molar-refractivity contribution in [1.29, 1.82) is 0 Å². The monoisotopic (exact) mass is 262 g/mol. The van der Waals surface area contributed by atoms with Crippen LogP contribution in [0.1, 0.15) is 5.56 Å². The molecular weight excluding hydrogens is 248 g/mol. The van der Waals surface area contributed by atoms with E-state index in [2.05, 4.69) is 55.5 Å². The average molecular weight is 262 g/mol. The van der Waals surface area contributed by atoms with Crippen LogP contribution in [0.15, 0.2) is 54.6 Å². The van der Waals surface area contributed by atoms with Gasteiger partial charge in [0.25, 0.3) is 0 Å². The summed E-state index contributed by atoms with van der Waals surface area (Å²) in [6.07, 6.45) is 0. The molecule has 1 aliphatic rings. The predicted octanol–water partition coefficient (Wildman–Crippen LogP) is 4.54. The Labute approximate surface area is 117 Å². The van der Waals surface area contributed by atoms with Crippen LogP contribution in [0.4, 0.5) is 0 Å². The molecule has 0 N–H and O–H groups in total. The summed E-state index contributed by atoms with van der Waals surface area (Å²) in [4.78, 5) is 0. The molecule has 98 valence electrons. The molecule has 2 nitrogen and oxygen atoms in total. The minimum atomic E-state index is 0.314. The zero-order valence-corrected chi connectivity index (χ0v) is 11.2. The maximum absolute atomic E-state index is 5.55. The molecule has 20 heavy (non-hydrogen) atoms. The Balaban J connectivity index is 1.87. The molecule has 3 aromatic carbocycles. The first-order chi connectivity index (χ1) is 9.81. The minimum absolute atomic E-state index is 0.314. The van der Waals surface area contributed by atoms with Gasteiger partial charge in [-0.3, -0.25) is 0 Å². The van der Waals surface area contributed by atoms with E-state index in [-0.39, 0.29) is 0 Å². The summed E-state index contributed by atoms with van der Waals surface area (Å²) in [5.74, 6) is 1.69. The van der Waals surface area contributed by atoms with Crippen LogP contribution in [0.5, 0.6) is 11.5 Å². The lowest BCUT2D eigenvalue weighted by molar-refractivity contribution is 0.175. The van der Waals surface area contributed by atoms with E-state index in [0.717, 1.165) is 16.9 Å². The maximum Gasteiger partial charge on any atom is 0.231 e. The first kappa shape index (κ1) is 11.4. The summed E-state index contributed by atoms with van der Waals surface area (Å²) < 4.78 is 11.0. The number of hydrogen-bond donors (Lipinski definition) is 0. The van der Waals surface area contributed by atoms with Gasteiger partial charge in [0.15, 0.2) is 11.5 Å². The maximum atomic E-state index is 5.55. The Morgan fingerprint density at radius 1 is 0.800 bits per heavy atom. The summed E-state index contributed by atoms with van der Waals surface area (Å²) >= 11 is 0. The fourth-order valence-corrected chi connectivity index (χ4v) is 2.62. The van der Waals surface area contributed by atoms with Crippen LogP contribution in [0.2, 0.25) is 0 Å². The van der Waals surface area contributed by atoms with E-state index in [9.17, 15) is 0 Å². The molecule has 0 atom stereocenters. The third-order valence-electron chi connectivity index (χ3n) is 3.74. The highest BCUT2D eigenvalue weighted by molar-refractivity contribution is 5.94. The second kappa shape index (κ2) is 4.27. The molecule has 0 spiro atoms. The Hall–Kier alpha value is -2.48. The first-order valence-electron chi connectivity index (χ1n) is 6.71. The lowest BCUT2D eigenvalue weighted by atomic mass is 10.00. The summed E-state index contributed by atoms with van der Waals surface area (Å²) in [7, 11) is 0. The van der Waals surface area contributed by atoms with E-state index in [0.29, 0.717) is 6.79 Å². The molecule has 3 aromatic rings. The highest BCUT2D eigenvalue weighted by Crippen LogP contribution is 2.40. The van der Waals surface area contributed by atoms with Gasteiger partial charge in [0.2, 0.25) is 6.79 Å². The van der Waals surface area contributed by atoms with E-state index >= 15 is 0 Å². The van der Waals surface area contributed by atoms with E-state index in [1.54, 1.807) is 0 Å². The summed E-state index contributed by atoms with van der Waals surface area (Å²) in [5, 5.41) is 2.28. The molecule has 0 unspecified atom stereocenters. The molecule has 4 rings (SSSR count). The Kier molecular flexibility index (Phi) is 2.43. The summed E-state index contributed by atoms with van der Waals surface area (Å²) in [6, 6.07) is 19.1. The first-order valence-corrected chi connectivity index (χ1v) is 6.71. The van der Waals surface area contributed by atoms with Crippen LogP contribution >= 0.6 is 0 Å². The van der Waals surface area contributed by atoms with E-state index in [1.807, 2.05) is 6.07 Å². The van der Waals surface area contributed by atoms with E-state index < -0.39 is 0 Å². The van der Waals surface area contributed by atoms with Gasteiger partial charge in [-0.2, -0.15) is 0 Å². The van der Waals surface area contributed by atoms with Gasteiger partial charge in [-0.25, -0.2) is 0 Å². The van der Waals surface area contributed by atoms with Crippen molar-refractivity contribution in [2.24, 2.45) is 0 Å². The van der Waals surface area contributed by atoms with Gasteiger partial charge in [-0.1, -0.05) is 42.0 Å². The highest BCUT2D eigenvalue weighted by Gasteiger charge is 2.16. The Morgan fingerprint density at radius 3 is 2.45 bits per heavy atom. The SMILES string of the molecule is Cc1ccc(-c2ccc3c4c(ccc3c2)OCO4)cc1. The van der Waals surface area contributed by atoms with Crippen molar-refractivity contribution in [3.8, 4) is 22.6 Å². The van der Waals surface area contributed by atoms with Crippen LogP contribution in [-0.2, 0) is 0 Å². The predicted molar refractivity (Wildman–Crippen MR) is 80.2 cm³/mol. The zero-order chi connectivity index (χ0) is 13.5. The fraction of sp³-hybridized carbons (Fsp3) is 0.111. The second-order valence-electron chi connectivity index (χ2n) is 5.10. The van der Waals surface area contributed by atoms with Crippen molar-refractivity contribution >= 4 is 10.8 Å². The molecule has 0 saturated carbocycles. The molecule has 1 heterocycles. The van der Waals surface area contributed by atoms with Gasteiger partial charge < -0.3 is 9.47 Å². The fourth-order valence-electron chi connectivity index (χ4n) is 2.62. The quantitative estimate of drug-likeness (QED) is 0.640. The molecule has 0 aromatic heterocycles. The number of rotatable bonds is 1. The molecule has 0 radical (unpaired) electrons. The minimum Gasteiger partial charge on any atom is -0.454 e. The van der Waals surface area contributed by atoms with Crippen LogP contribution in [0.3, 0.4) is 0 Å². The molecule has 0 fully saturated rings. The third kappa shape index (κ3) is 1.73. The number of fused-ring (bicyclic) bond motifs is 3. The van der Waals surface area contributed by atoms with Crippen molar-refractivity contribution in [3.63, 3.8) is 0 Å². The van der Waals surface area contributed by atoms with Gasteiger partial charge in [-0.05, 0) is 41.6 Å².